The minimum Gasteiger partial charge on any atom is -0.497 e. The van der Waals surface area contributed by atoms with Crippen LogP contribution < -0.4 is 9.64 Å². The van der Waals surface area contributed by atoms with E-state index in [1.165, 1.54) is 0 Å². The number of hydrogen-bond donors (Lipinski definition) is 1. The maximum atomic E-state index is 10.2. The van der Waals surface area contributed by atoms with E-state index < -0.39 is 0 Å². The van der Waals surface area contributed by atoms with Gasteiger partial charge in [-0.25, -0.2) is 9.97 Å². The summed E-state index contributed by atoms with van der Waals surface area (Å²) in [6.45, 7) is 3.26. The summed E-state index contributed by atoms with van der Waals surface area (Å²) < 4.78 is 5.27. The molecule has 1 aliphatic heterocycles. The van der Waals surface area contributed by atoms with Crippen LogP contribution in [-0.2, 0) is 0 Å². The van der Waals surface area contributed by atoms with Gasteiger partial charge in [-0.3, -0.25) is 0 Å². The molecule has 0 bridgehead atoms. The summed E-state index contributed by atoms with van der Waals surface area (Å²) in [7, 11) is 5.61. The number of anilines is 1. The number of aromatic nitrogens is 2. The number of aryl methyl sites for hydroxylation is 1. The van der Waals surface area contributed by atoms with Gasteiger partial charge in [-0.05, 0) is 33.2 Å². The average Bonchev–Trinajstić information content (AvgIpc) is 2.88. The maximum Gasteiger partial charge on any atom is 0.226 e. The summed E-state index contributed by atoms with van der Waals surface area (Å²) in [5, 5.41) is 11.2. The molecule has 1 aromatic carbocycles. The van der Waals surface area contributed by atoms with E-state index in [0.29, 0.717) is 12.5 Å². The van der Waals surface area contributed by atoms with E-state index in [1.807, 2.05) is 49.0 Å². The Balaban J connectivity index is 1.98. The van der Waals surface area contributed by atoms with E-state index in [-0.39, 0.29) is 12.1 Å². The van der Waals surface area contributed by atoms with Crippen LogP contribution in [0.1, 0.15) is 5.69 Å². The maximum absolute atomic E-state index is 10.2. The molecule has 1 fully saturated rings. The van der Waals surface area contributed by atoms with Crippen LogP contribution in [0.5, 0.6) is 5.75 Å². The lowest BCUT2D eigenvalue weighted by atomic mass is 10.2. The first kappa shape index (κ1) is 15.0. The molecule has 0 unspecified atom stereocenters. The van der Waals surface area contributed by atoms with E-state index in [2.05, 4.69) is 9.97 Å². The number of likely N-dealkylation sites (N-methyl/N-ethyl adjacent to an activating group) is 1. The van der Waals surface area contributed by atoms with Crippen LogP contribution in [0.2, 0.25) is 0 Å². The lowest BCUT2D eigenvalue weighted by molar-refractivity contribution is 0.114. The Morgan fingerprint density at radius 1 is 1.27 bits per heavy atom. The molecule has 3 rings (SSSR count). The standard InChI is InChI=1S/C16H22N4O2/c1-10-12-6-5-11(22-4)7-13(12)18-16(17-10)20-8-14(19(2)3)15(21)9-20/h5-7,14-15,21H,8-9H2,1-4H3/t14-,15-/m0/s1. The molecular formula is C16H22N4O2. The number of benzene rings is 1. The summed E-state index contributed by atoms with van der Waals surface area (Å²) in [5.74, 6) is 1.45. The van der Waals surface area contributed by atoms with E-state index >= 15 is 0 Å². The largest absolute Gasteiger partial charge is 0.497 e. The molecule has 22 heavy (non-hydrogen) atoms. The molecule has 2 aromatic rings. The highest BCUT2D eigenvalue weighted by atomic mass is 16.5. The Kier molecular flexibility index (Phi) is 3.88. The van der Waals surface area contributed by atoms with Crippen molar-refractivity contribution < 1.29 is 9.84 Å². The second kappa shape index (κ2) is 5.70. The first-order valence-electron chi connectivity index (χ1n) is 7.41. The van der Waals surface area contributed by atoms with Crippen LogP contribution >= 0.6 is 0 Å². The fourth-order valence-corrected chi connectivity index (χ4v) is 2.96. The molecule has 6 nitrogen and oxygen atoms in total. The van der Waals surface area contributed by atoms with Crippen molar-refractivity contribution >= 4 is 16.9 Å². The minimum absolute atomic E-state index is 0.102. The molecule has 0 amide bonds. The summed E-state index contributed by atoms with van der Waals surface area (Å²) in [4.78, 5) is 13.4. The molecule has 1 aromatic heterocycles. The highest BCUT2D eigenvalue weighted by Gasteiger charge is 2.34. The first-order chi connectivity index (χ1) is 10.5. The number of ether oxygens (including phenoxy) is 1. The Bertz CT molecular complexity index is 689. The van der Waals surface area contributed by atoms with Crippen LogP contribution in [0, 0.1) is 6.92 Å². The fourth-order valence-electron chi connectivity index (χ4n) is 2.96. The molecule has 0 radical (unpaired) electrons. The number of hydrogen-bond acceptors (Lipinski definition) is 6. The molecule has 2 heterocycles. The topological polar surface area (TPSA) is 61.7 Å². The molecule has 0 aliphatic carbocycles. The predicted molar refractivity (Wildman–Crippen MR) is 86.5 cm³/mol. The lowest BCUT2D eigenvalue weighted by Crippen LogP contribution is -2.38. The van der Waals surface area contributed by atoms with E-state index in [1.54, 1.807) is 7.11 Å². The molecule has 2 atom stereocenters. The van der Waals surface area contributed by atoms with Crippen LogP contribution in [0.3, 0.4) is 0 Å². The minimum atomic E-state index is -0.389. The van der Waals surface area contributed by atoms with Gasteiger partial charge in [0.1, 0.15) is 5.75 Å². The van der Waals surface area contributed by atoms with Gasteiger partial charge in [0, 0.05) is 24.5 Å². The molecule has 6 heteroatoms. The quantitative estimate of drug-likeness (QED) is 0.915. The van der Waals surface area contributed by atoms with E-state index in [0.717, 1.165) is 28.9 Å². The van der Waals surface area contributed by atoms with E-state index in [4.69, 9.17) is 4.74 Å². The second-order valence-electron chi connectivity index (χ2n) is 6.00. The molecule has 1 saturated heterocycles. The Morgan fingerprint density at radius 3 is 2.68 bits per heavy atom. The average molecular weight is 302 g/mol. The molecular weight excluding hydrogens is 280 g/mol. The van der Waals surface area contributed by atoms with Crippen LogP contribution in [0.15, 0.2) is 18.2 Å². The summed E-state index contributed by atoms with van der Waals surface area (Å²) in [6.07, 6.45) is -0.389. The second-order valence-corrected chi connectivity index (χ2v) is 6.00. The van der Waals surface area contributed by atoms with Crippen molar-refractivity contribution in [2.24, 2.45) is 0 Å². The normalized spacial score (nSPS) is 21.8. The summed E-state index contributed by atoms with van der Waals surface area (Å²) in [5.41, 5.74) is 1.80. The van der Waals surface area contributed by atoms with Crippen LogP contribution in [0.4, 0.5) is 5.95 Å². The van der Waals surface area contributed by atoms with Crippen molar-refractivity contribution in [1.82, 2.24) is 14.9 Å². The lowest BCUT2D eigenvalue weighted by Gasteiger charge is -2.21. The third-order valence-electron chi connectivity index (χ3n) is 4.29. The van der Waals surface area contributed by atoms with Crippen LogP contribution in [-0.4, -0.2) is 66.4 Å². The fraction of sp³-hybridized carbons (Fsp3) is 0.500. The van der Waals surface area contributed by atoms with Crippen LogP contribution in [0.25, 0.3) is 10.9 Å². The zero-order valence-electron chi connectivity index (χ0n) is 13.4. The number of methoxy groups -OCH3 is 1. The van der Waals surface area contributed by atoms with Gasteiger partial charge in [0.25, 0.3) is 0 Å². The number of fused-ring (bicyclic) bond motifs is 1. The van der Waals surface area contributed by atoms with Gasteiger partial charge >= 0.3 is 0 Å². The van der Waals surface area contributed by atoms with Crippen molar-refractivity contribution in [2.45, 2.75) is 19.1 Å². The molecule has 1 N–H and O–H groups in total. The smallest absolute Gasteiger partial charge is 0.226 e. The third kappa shape index (κ3) is 2.60. The molecule has 0 spiro atoms. The Hall–Kier alpha value is -1.92. The van der Waals surface area contributed by atoms with Crippen molar-refractivity contribution in [1.29, 1.82) is 0 Å². The van der Waals surface area contributed by atoms with Crippen molar-refractivity contribution in [3.63, 3.8) is 0 Å². The Labute approximate surface area is 130 Å². The van der Waals surface area contributed by atoms with Crippen molar-refractivity contribution in [2.75, 3.05) is 39.2 Å². The summed E-state index contributed by atoms with van der Waals surface area (Å²) in [6, 6.07) is 5.92. The predicted octanol–water partition coefficient (Wildman–Crippen LogP) is 1.06. The Morgan fingerprint density at radius 2 is 2.05 bits per heavy atom. The number of aliphatic hydroxyl groups excluding tert-OH is 1. The van der Waals surface area contributed by atoms with Gasteiger partial charge in [-0.15, -0.1) is 0 Å². The highest BCUT2D eigenvalue weighted by Crippen LogP contribution is 2.25. The number of aliphatic hydroxyl groups is 1. The van der Waals surface area contributed by atoms with Crippen molar-refractivity contribution in [3.8, 4) is 5.75 Å². The summed E-state index contributed by atoms with van der Waals surface area (Å²) >= 11 is 0. The molecule has 1 aliphatic rings. The van der Waals surface area contributed by atoms with Gasteiger partial charge in [0.2, 0.25) is 5.95 Å². The van der Waals surface area contributed by atoms with Gasteiger partial charge in [0.15, 0.2) is 0 Å². The van der Waals surface area contributed by atoms with Crippen molar-refractivity contribution in [3.05, 3.63) is 23.9 Å². The zero-order valence-corrected chi connectivity index (χ0v) is 13.4. The van der Waals surface area contributed by atoms with Gasteiger partial charge in [-0.2, -0.15) is 0 Å². The third-order valence-corrected chi connectivity index (χ3v) is 4.29. The number of rotatable bonds is 3. The van der Waals surface area contributed by atoms with E-state index in [9.17, 15) is 5.11 Å². The molecule has 0 saturated carbocycles. The van der Waals surface area contributed by atoms with Gasteiger partial charge in [0.05, 0.1) is 30.5 Å². The zero-order chi connectivity index (χ0) is 15.9. The SMILES string of the molecule is COc1ccc2c(C)nc(N3C[C@H](O)[C@@H](N(C)C)C3)nc2c1. The number of β-amino-alcohol motifs (C(OH)–C–C–N with tert-alkyl or cyclic N) is 1. The first-order valence-corrected chi connectivity index (χ1v) is 7.41. The number of nitrogens with zero attached hydrogens (tertiary/aromatic N) is 4. The monoisotopic (exact) mass is 302 g/mol. The molecule has 118 valence electrons. The van der Waals surface area contributed by atoms with Gasteiger partial charge in [-0.1, -0.05) is 0 Å². The van der Waals surface area contributed by atoms with Gasteiger partial charge < -0.3 is 19.6 Å². The highest BCUT2D eigenvalue weighted by molar-refractivity contribution is 5.83.